The molecular weight excluding hydrogens is 217 g/mol. The molecule has 0 aliphatic rings. The predicted molar refractivity (Wildman–Crippen MR) is 65.1 cm³/mol. The van der Waals surface area contributed by atoms with Gasteiger partial charge >= 0.3 is 0 Å². The molecule has 0 aliphatic carbocycles. The van der Waals surface area contributed by atoms with Gasteiger partial charge in [0, 0.05) is 18.8 Å². The predicted octanol–water partition coefficient (Wildman–Crippen LogP) is 2.22. The number of halogens is 1. The Morgan fingerprint density at radius 1 is 1.35 bits per heavy atom. The molecule has 1 aromatic heterocycles. The van der Waals surface area contributed by atoms with Gasteiger partial charge in [0.1, 0.15) is 5.82 Å². The van der Waals surface area contributed by atoms with Crippen molar-refractivity contribution in [3.05, 3.63) is 52.9 Å². The Morgan fingerprint density at radius 2 is 2.06 bits per heavy atom. The Bertz CT molecular complexity index is 522. The van der Waals surface area contributed by atoms with Crippen LogP contribution < -0.4 is 5.73 Å². The van der Waals surface area contributed by atoms with Crippen molar-refractivity contribution in [3.8, 4) is 0 Å². The molecule has 0 fully saturated rings. The van der Waals surface area contributed by atoms with E-state index in [2.05, 4.69) is 4.98 Å². The summed E-state index contributed by atoms with van der Waals surface area (Å²) in [7, 11) is 1.86. The number of nitrogens with zero attached hydrogens (tertiary/aromatic N) is 2. The summed E-state index contributed by atoms with van der Waals surface area (Å²) < 4.78 is 15.7. The lowest BCUT2D eigenvalue weighted by atomic mass is 9.97. The number of aromatic nitrogens is 2. The van der Waals surface area contributed by atoms with Gasteiger partial charge in [-0.3, -0.25) is 0 Å². The first-order valence-electron chi connectivity index (χ1n) is 5.49. The van der Waals surface area contributed by atoms with E-state index < -0.39 is 6.04 Å². The number of hydrogen-bond donors (Lipinski definition) is 1. The largest absolute Gasteiger partial charge is 0.340 e. The van der Waals surface area contributed by atoms with Gasteiger partial charge in [-0.25, -0.2) is 9.37 Å². The summed E-state index contributed by atoms with van der Waals surface area (Å²) in [5, 5.41) is 0. The molecule has 0 bridgehead atoms. The van der Waals surface area contributed by atoms with E-state index in [0.29, 0.717) is 11.3 Å². The molecule has 0 amide bonds. The van der Waals surface area contributed by atoms with E-state index in [-0.39, 0.29) is 5.82 Å². The van der Waals surface area contributed by atoms with Crippen molar-refractivity contribution < 1.29 is 4.39 Å². The minimum Gasteiger partial charge on any atom is -0.340 e. The second-order valence-electron chi connectivity index (χ2n) is 4.42. The lowest BCUT2D eigenvalue weighted by Gasteiger charge is -2.14. The minimum atomic E-state index is -0.517. The fraction of sp³-hybridized carbons (Fsp3) is 0.308. The molecule has 4 heteroatoms. The zero-order valence-electron chi connectivity index (χ0n) is 10.2. The quantitative estimate of drug-likeness (QED) is 0.864. The molecule has 90 valence electrons. The third-order valence-electron chi connectivity index (χ3n) is 2.84. The molecule has 0 radical (unpaired) electrons. The van der Waals surface area contributed by atoms with Gasteiger partial charge < -0.3 is 10.3 Å². The molecule has 1 atom stereocenters. The van der Waals surface area contributed by atoms with E-state index in [1.54, 1.807) is 10.9 Å². The van der Waals surface area contributed by atoms with Crippen molar-refractivity contribution in [2.75, 3.05) is 0 Å². The number of nitrogens with two attached hydrogens (primary N) is 1. The Kier molecular flexibility index (Phi) is 2.98. The van der Waals surface area contributed by atoms with E-state index in [4.69, 9.17) is 5.73 Å². The molecule has 1 heterocycles. The van der Waals surface area contributed by atoms with Crippen molar-refractivity contribution in [1.29, 1.82) is 0 Å². The SMILES string of the molecule is Cc1cc(C)c(C(N)c2cn(C)cn2)c(F)c1. The van der Waals surface area contributed by atoms with Gasteiger partial charge in [0.15, 0.2) is 0 Å². The van der Waals surface area contributed by atoms with Crippen molar-refractivity contribution in [2.45, 2.75) is 19.9 Å². The maximum atomic E-state index is 13.9. The Morgan fingerprint density at radius 3 is 2.59 bits per heavy atom. The summed E-state index contributed by atoms with van der Waals surface area (Å²) in [6, 6.07) is 2.92. The van der Waals surface area contributed by atoms with Crippen LogP contribution in [0.4, 0.5) is 4.39 Å². The van der Waals surface area contributed by atoms with Crippen LogP contribution in [-0.4, -0.2) is 9.55 Å². The normalized spacial score (nSPS) is 12.8. The highest BCUT2D eigenvalue weighted by Gasteiger charge is 2.18. The average Bonchev–Trinajstić information content (AvgIpc) is 2.63. The van der Waals surface area contributed by atoms with Crippen LogP contribution in [0.25, 0.3) is 0 Å². The molecule has 0 spiro atoms. The van der Waals surface area contributed by atoms with Crippen molar-refractivity contribution in [3.63, 3.8) is 0 Å². The molecule has 2 aromatic rings. The molecule has 17 heavy (non-hydrogen) atoms. The second kappa shape index (κ2) is 4.30. The summed E-state index contributed by atoms with van der Waals surface area (Å²) in [5.41, 5.74) is 9.03. The first-order valence-corrected chi connectivity index (χ1v) is 5.49. The summed E-state index contributed by atoms with van der Waals surface area (Å²) in [5.74, 6) is -0.263. The van der Waals surface area contributed by atoms with Gasteiger partial charge in [-0.05, 0) is 31.0 Å². The third kappa shape index (κ3) is 2.22. The first kappa shape index (κ1) is 11.8. The first-order chi connectivity index (χ1) is 7.99. The van der Waals surface area contributed by atoms with Crippen molar-refractivity contribution in [2.24, 2.45) is 12.8 Å². The highest BCUT2D eigenvalue weighted by molar-refractivity contribution is 5.37. The number of imidazole rings is 1. The fourth-order valence-corrected chi connectivity index (χ4v) is 2.06. The van der Waals surface area contributed by atoms with Gasteiger partial charge in [-0.2, -0.15) is 0 Å². The average molecular weight is 233 g/mol. The van der Waals surface area contributed by atoms with Crippen LogP contribution in [0, 0.1) is 19.7 Å². The molecule has 1 unspecified atom stereocenters. The van der Waals surface area contributed by atoms with E-state index >= 15 is 0 Å². The van der Waals surface area contributed by atoms with Crippen LogP contribution >= 0.6 is 0 Å². The van der Waals surface area contributed by atoms with Crippen LogP contribution in [0.2, 0.25) is 0 Å². The lowest BCUT2D eigenvalue weighted by molar-refractivity contribution is 0.594. The van der Waals surface area contributed by atoms with E-state index in [9.17, 15) is 4.39 Å². The van der Waals surface area contributed by atoms with Crippen LogP contribution in [0.3, 0.4) is 0 Å². The summed E-state index contributed by atoms with van der Waals surface area (Å²) in [6.07, 6.45) is 3.47. The molecule has 3 nitrogen and oxygen atoms in total. The molecule has 0 saturated carbocycles. The van der Waals surface area contributed by atoms with Crippen molar-refractivity contribution >= 4 is 0 Å². The molecule has 0 aliphatic heterocycles. The lowest BCUT2D eigenvalue weighted by Crippen LogP contribution is -2.16. The monoisotopic (exact) mass is 233 g/mol. The summed E-state index contributed by atoms with van der Waals surface area (Å²) in [6.45, 7) is 3.74. The highest BCUT2D eigenvalue weighted by Crippen LogP contribution is 2.25. The Hall–Kier alpha value is -1.68. The van der Waals surface area contributed by atoms with Gasteiger partial charge in [0.2, 0.25) is 0 Å². The van der Waals surface area contributed by atoms with Gasteiger partial charge in [0.05, 0.1) is 18.1 Å². The Balaban J connectivity index is 2.47. The molecule has 0 saturated heterocycles. The fourth-order valence-electron chi connectivity index (χ4n) is 2.06. The number of benzene rings is 1. The van der Waals surface area contributed by atoms with Gasteiger partial charge in [0.25, 0.3) is 0 Å². The van der Waals surface area contributed by atoms with E-state index in [1.165, 1.54) is 6.07 Å². The topological polar surface area (TPSA) is 43.8 Å². The van der Waals surface area contributed by atoms with Gasteiger partial charge in [-0.15, -0.1) is 0 Å². The molecule has 2 N–H and O–H groups in total. The zero-order valence-corrected chi connectivity index (χ0v) is 10.2. The third-order valence-corrected chi connectivity index (χ3v) is 2.84. The number of rotatable bonds is 2. The summed E-state index contributed by atoms with van der Waals surface area (Å²) in [4.78, 5) is 4.17. The van der Waals surface area contributed by atoms with Crippen molar-refractivity contribution in [1.82, 2.24) is 9.55 Å². The molecule has 2 rings (SSSR count). The zero-order chi connectivity index (χ0) is 12.6. The second-order valence-corrected chi connectivity index (χ2v) is 4.42. The van der Waals surface area contributed by atoms with Gasteiger partial charge in [-0.1, -0.05) is 6.07 Å². The maximum Gasteiger partial charge on any atom is 0.128 e. The van der Waals surface area contributed by atoms with Crippen LogP contribution in [0.1, 0.15) is 28.4 Å². The smallest absolute Gasteiger partial charge is 0.128 e. The standard InChI is InChI=1S/C13H16FN3/c1-8-4-9(2)12(10(14)5-8)13(15)11-6-17(3)7-16-11/h4-7,13H,15H2,1-3H3. The number of hydrogen-bond acceptors (Lipinski definition) is 2. The Labute approximate surface area is 100 Å². The van der Waals surface area contributed by atoms with Crippen LogP contribution in [0.15, 0.2) is 24.7 Å². The summed E-state index contributed by atoms with van der Waals surface area (Å²) >= 11 is 0. The highest BCUT2D eigenvalue weighted by atomic mass is 19.1. The molecular formula is C13H16FN3. The van der Waals surface area contributed by atoms with E-state index in [0.717, 1.165) is 11.1 Å². The minimum absolute atomic E-state index is 0.263. The number of aryl methyl sites for hydroxylation is 3. The van der Waals surface area contributed by atoms with Crippen LogP contribution in [0.5, 0.6) is 0 Å². The van der Waals surface area contributed by atoms with Crippen LogP contribution in [-0.2, 0) is 7.05 Å². The van der Waals surface area contributed by atoms with E-state index in [1.807, 2.05) is 33.2 Å². The molecule has 1 aromatic carbocycles. The maximum absolute atomic E-state index is 13.9.